The van der Waals surface area contributed by atoms with Gasteiger partial charge in [0.2, 0.25) is 17.7 Å². The second-order valence-corrected chi connectivity index (χ2v) is 9.03. The van der Waals surface area contributed by atoms with Gasteiger partial charge in [0, 0.05) is 64.4 Å². The summed E-state index contributed by atoms with van der Waals surface area (Å²) in [7, 11) is 0. The van der Waals surface area contributed by atoms with Crippen LogP contribution in [-0.2, 0) is 14.4 Å². The number of amides is 3. The lowest BCUT2D eigenvalue weighted by Crippen LogP contribution is -2.53. The van der Waals surface area contributed by atoms with Crippen molar-refractivity contribution in [2.24, 2.45) is 5.92 Å². The minimum absolute atomic E-state index is 0.00469. The molecule has 172 valence electrons. The minimum Gasteiger partial charge on any atom is -0.342 e. The Bertz CT molecular complexity index is 819. The number of carbonyl (C=O) groups is 3. The molecule has 0 atom stereocenters. The Morgan fingerprint density at radius 1 is 0.781 bits per heavy atom. The fourth-order valence-corrected chi connectivity index (χ4v) is 4.83. The summed E-state index contributed by atoms with van der Waals surface area (Å²) in [5, 5.41) is 0. The number of rotatable bonds is 5. The van der Waals surface area contributed by atoms with Crippen LogP contribution in [0.3, 0.4) is 0 Å². The molecule has 1 aromatic rings. The molecule has 0 radical (unpaired) electrons. The highest BCUT2D eigenvalue weighted by Gasteiger charge is 2.32. The third kappa shape index (κ3) is 5.76. The first kappa shape index (κ1) is 22.5. The van der Waals surface area contributed by atoms with E-state index in [1.54, 1.807) is 6.08 Å². The first-order valence-electron chi connectivity index (χ1n) is 11.9. The number of piperidine rings is 1. The standard InChI is InChI=1S/C25H34N4O3/c30-23(9-8-21-6-2-1-3-7-21)28-14-10-22(11-15-28)25(32)29-18-16-26(17-19-29)20-24(31)27-12-4-5-13-27/h1-3,6-9,22H,4-5,10-20H2/b9-8+. The van der Waals surface area contributed by atoms with E-state index in [0.29, 0.717) is 32.7 Å². The van der Waals surface area contributed by atoms with Crippen molar-refractivity contribution in [2.75, 3.05) is 58.9 Å². The van der Waals surface area contributed by atoms with Crippen LogP contribution in [0.2, 0.25) is 0 Å². The maximum atomic E-state index is 13.0. The van der Waals surface area contributed by atoms with Crippen LogP contribution >= 0.6 is 0 Å². The molecular weight excluding hydrogens is 404 g/mol. The zero-order valence-electron chi connectivity index (χ0n) is 18.8. The summed E-state index contributed by atoms with van der Waals surface area (Å²) in [4.78, 5) is 45.7. The Balaban J connectivity index is 1.18. The molecule has 3 heterocycles. The smallest absolute Gasteiger partial charge is 0.246 e. The van der Waals surface area contributed by atoms with Crippen molar-refractivity contribution < 1.29 is 14.4 Å². The molecule has 0 aromatic heterocycles. The van der Waals surface area contributed by atoms with Crippen molar-refractivity contribution in [1.29, 1.82) is 0 Å². The van der Waals surface area contributed by atoms with Crippen molar-refractivity contribution in [2.45, 2.75) is 25.7 Å². The van der Waals surface area contributed by atoms with Gasteiger partial charge in [-0.3, -0.25) is 19.3 Å². The number of benzene rings is 1. The van der Waals surface area contributed by atoms with Crippen LogP contribution in [0, 0.1) is 5.92 Å². The largest absolute Gasteiger partial charge is 0.342 e. The molecule has 0 aliphatic carbocycles. The van der Waals surface area contributed by atoms with E-state index >= 15 is 0 Å². The molecule has 0 bridgehead atoms. The van der Waals surface area contributed by atoms with Crippen molar-refractivity contribution in [3.8, 4) is 0 Å². The van der Waals surface area contributed by atoms with Gasteiger partial charge in [0.15, 0.2) is 0 Å². The molecule has 0 spiro atoms. The molecule has 3 saturated heterocycles. The van der Waals surface area contributed by atoms with E-state index in [-0.39, 0.29) is 23.6 Å². The fraction of sp³-hybridized carbons (Fsp3) is 0.560. The zero-order chi connectivity index (χ0) is 22.3. The number of hydrogen-bond donors (Lipinski definition) is 0. The maximum Gasteiger partial charge on any atom is 0.246 e. The van der Waals surface area contributed by atoms with E-state index in [4.69, 9.17) is 0 Å². The van der Waals surface area contributed by atoms with Crippen LogP contribution in [0.1, 0.15) is 31.2 Å². The molecule has 0 N–H and O–H groups in total. The van der Waals surface area contributed by atoms with Crippen molar-refractivity contribution in [3.63, 3.8) is 0 Å². The molecule has 7 nitrogen and oxygen atoms in total. The van der Waals surface area contributed by atoms with Gasteiger partial charge < -0.3 is 14.7 Å². The van der Waals surface area contributed by atoms with Gasteiger partial charge in [0.05, 0.1) is 6.54 Å². The van der Waals surface area contributed by atoms with Gasteiger partial charge in [-0.15, -0.1) is 0 Å². The maximum absolute atomic E-state index is 13.0. The summed E-state index contributed by atoms with van der Waals surface area (Å²) in [6.07, 6.45) is 7.13. The topological polar surface area (TPSA) is 64.2 Å². The number of hydrogen-bond acceptors (Lipinski definition) is 4. The third-order valence-electron chi connectivity index (χ3n) is 6.88. The monoisotopic (exact) mass is 438 g/mol. The van der Waals surface area contributed by atoms with E-state index < -0.39 is 0 Å². The Hall–Kier alpha value is -2.67. The van der Waals surface area contributed by atoms with E-state index in [1.807, 2.05) is 51.1 Å². The van der Waals surface area contributed by atoms with Gasteiger partial charge in [0.1, 0.15) is 0 Å². The third-order valence-corrected chi connectivity index (χ3v) is 6.88. The average Bonchev–Trinajstić information content (AvgIpc) is 3.39. The quantitative estimate of drug-likeness (QED) is 0.657. The molecule has 1 aromatic carbocycles. The highest BCUT2D eigenvalue weighted by atomic mass is 16.2. The lowest BCUT2D eigenvalue weighted by atomic mass is 9.95. The second kappa shape index (κ2) is 10.8. The number of carbonyl (C=O) groups excluding carboxylic acids is 3. The van der Waals surface area contributed by atoms with Crippen LogP contribution < -0.4 is 0 Å². The molecule has 3 aliphatic heterocycles. The van der Waals surface area contributed by atoms with Crippen LogP contribution in [-0.4, -0.2) is 96.2 Å². The normalized spacial score (nSPS) is 20.8. The van der Waals surface area contributed by atoms with Crippen molar-refractivity contribution in [3.05, 3.63) is 42.0 Å². The SMILES string of the molecule is O=C(/C=C/c1ccccc1)N1CCC(C(=O)N2CCN(CC(=O)N3CCCC3)CC2)CC1. The molecule has 4 rings (SSSR count). The number of piperazine rings is 1. The zero-order valence-corrected chi connectivity index (χ0v) is 18.8. The molecular formula is C25H34N4O3. The highest BCUT2D eigenvalue weighted by Crippen LogP contribution is 2.21. The van der Waals surface area contributed by atoms with Crippen LogP contribution in [0.4, 0.5) is 0 Å². The Morgan fingerprint density at radius 3 is 2.09 bits per heavy atom. The molecule has 3 amide bonds. The summed E-state index contributed by atoms with van der Waals surface area (Å²) in [6.45, 7) is 6.38. The van der Waals surface area contributed by atoms with Gasteiger partial charge in [0.25, 0.3) is 0 Å². The van der Waals surface area contributed by atoms with Gasteiger partial charge in [-0.25, -0.2) is 0 Å². The molecule has 7 heteroatoms. The van der Waals surface area contributed by atoms with E-state index in [0.717, 1.165) is 57.4 Å². The summed E-state index contributed by atoms with van der Waals surface area (Å²) >= 11 is 0. The summed E-state index contributed by atoms with van der Waals surface area (Å²) in [5.74, 6) is 0.439. The number of likely N-dealkylation sites (tertiary alicyclic amines) is 2. The average molecular weight is 439 g/mol. The lowest BCUT2D eigenvalue weighted by Gasteiger charge is -2.38. The molecule has 3 aliphatic rings. The second-order valence-electron chi connectivity index (χ2n) is 9.03. The summed E-state index contributed by atoms with van der Waals surface area (Å²) in [6, 6.07) is 9.79. The predicted octanol–water partition coefficient (Wildman–Crippen LogP) is 1.71. The van der Waals surface area contributed by atoms with E-state index in [1.165, 1.54) is 0 Å². The minimum atomic E-state index is -0.00469. The fourth-order valence-electron chi connectivity index (χ4n) is 4.83. The Labute approximate surface area is 190 Å². The van der Waals surface area contributed by atoms with Crippen LogP contribution in [0.5, 0.6) is 0 Å². The van der Waals surface area contributed by atoms with Gasteiger partial charge in [-0.05, 0) is 37.3 Å². The Morgan fingerprint density at radius 2 is 1.44 bits per heavy atom. The molecule has 0 saturated carbocycles. The van der Waals surface area contributed by atoms with E-state index in [2.05, 4.69) is 4.90 Å². The Kier molecular flexibility index (Phi) is 7.58. The van der Waals surface area contributed by atoms with Gasteiger partial charge in [-0.1, -0.05) is 30.3 Å². The highest BCUT2D eigenvalue weighted by molar-refractivity contribution is 5.92. The molecule has 3 fully saturated rings. The summed E-state index contributed by atoms with van der Waals surface area (Å²) < 4.78 is 0. The number of nitrogens with zero attached hydrogens (tertiary/aromatic N) is 4. The summed E-state index contributed by atoms with van der Waals surface area (Å²) in [5.41, 5.74) is 1.01. The lowest BCUT2D eigenvalue weighted by molar-refractivity contribution is -0.141. The molecule has 0 unspecified atom stereocenters. The van der Waals surface area contributed by atoms with Crippen LogP contribution in [0.15, 0.2) is 36.4 Å². The van der Waals surface area contributed by atoms with Crippen molar-refractivity contribution >= 4 is 23.8 Å². The van der Waals surface area contributed by atoms with Crippen molar-refractivity contribution in [1.82, 2.24) is 19.6 Å². The van der Waals surface area contributed by atoms with Gasteiger partial charge >= 0.3 is 0 Å². The predicted molar refractivity (Wildman–Crippen MR) is 124 cm³/mol. The first-order chi connectivity index (χ1) is 15.6. The molecule has 32 heavy (non-hydrogen) atoms. The van der Waals surface area contributed by atoms with E-state index in [9.17, 15) is 14.4 Å². The van der Waals surface area contributed by atoms with Crippen LogP contribution in [0.25, 0.3) is 6.08 Å². The first-order valence-corrected chi connectivity index (χ1v) is 11.9. The van der Waals surface area contributed by atoms with Gasteiger partial charge in [-0.2, -0.15) is 0 Å².